The van der Waals surface area contributed by atoms with Crippen molar-refractivity contribution in [3.8, 4) is 0 Å². The molecule has 0 aliphatic heterocycles. The average molecular weight is 333 g/mol. The van der Waals surface area contributed by atoms with E-state index in [9.17, 15) is 9.59 Å². The lowest BCUT2D eigenvalue weighted by Crippen LogP contribution is -2.34. The largest absolute Gasteiger partial charge is 0.469 e. The molecule has 25 heavy (non-hydrogen) atoms. The van der Waals surface area contributed by atoms with Crippen LogP contribution in [0.3, 0.4) is 0 Å². The van der Waals surface area contributed by atoms with Gasteiger partial charge in [-0.05, 0) is 25.1 Å². The standard InChI is InChI=1S/C21H19NO3/c1-15(14-17-10-7-13-25-17)22-21(24)19-12-6-5-11-18(19)20(23)16-8-3-2-4-9-16/h2-13,15H,14H2,1H3,(H,22,24). The van der Waals surface area contributed by atoms with Crippen LogP contribution in [0.15, 0.2) is 77.4 Å². The average Bonchev–Trinajstić information content (AvgIpc) is 3.14. The number of carbonyl (C=O) groups is 2. The first kappa shape index (κ1) is 16.7. The van der Waals surface area contributed by atoms with Crippen molar-refractivity contribution in [2.45, 2.75) is 19.4 Å². The normalized spacial score (nSPS) is 11.7. The Morgan fingerprint density at radius 2 is 1.60 bits per heavy atom. The molecule has 0 aliphatic rings. The Labute approximate surface area is 146 Å². The minimum Gasteiger partial charge on any atom is -0.469 e. The van der Waals surface area contributed by atoms with Crippen LogP contribution >= 0.6 is 0 Å². The molecule has 2 aromatic carbocycles. The molecule has 0 spiro atoms. The summed E-state index contributed by atoms with van der Waals surface area (Å²) in [6.07, 6.45) is 2.20. The highest BCUT2D eigenvalue weighted by molar-refractivity contribution is 6.15. The van der Waals surface area contributed by atoms with Crippen molar-refractivity contribution in [1.82, 2.24) is 5.32 Å². The predicted octanol–water partition coefficient (Wildman–Crippen LogP) is 3.87. The molecule has 1 N–H and O–H groups in total. The van der Waals surface area contributed by atoms with Gasteiger partial charge >= 0.3 is 0 Å². The SMILES string of the molecule is CC(Cc1ccco1)NC(=O)c1ccccc1C(=O)c1ccccc1. The van der Waals surface area contributed by atoms with Crippen molar-refractivity contribution < 1.29 is 14.0 Å². The zero-order valence-corrected chi connectivity index (χ0v) is 13.9. The van der Waals surface area contributed by atoms with E-state index >= 15 is 0 Å². The maximum atomic E-state index is 12.7. The summed E-state index contributed by atoms with van der Waals surface area (Å²) in [4.78, 5) is 25.4. The zero-order valence-electron chi connectivity index (χ0n) is 13.9. The summed E-state index contributed by atoms with van der Waals surface area (Å²) < 4.78 is 5.31. The van der Waals surface area contributed by atoms with Gasteiger partial charge in [-0.2, -0.15) is 0 Å². The fourth-order valence-corrected chi connectivity index (χ4v) is 2.71. The topological polar surface area (TPSA) is 59.3 Å². The molecule has 0 saturated heterocycles. The van der Waals surface area contributed by atoms with E-state index in [1.165, 1.54) is 0 Å². The molecule has 0 fully saturated rings. The quantitative estimate of drug-likeness (QED) is 0.697. The lowest BCUT2D eigenvalue weighted by molar-refractivity contribution is 0.0929. The number of ketones is 1. The first-order valence-electron chi connectivity index (χ1n) is 8.17. The van der Waals surface area contributed by atoms with E-state index in [1.54, 1.807) is 54.8 Å². The molecule has 1 aromatic heterocycles. The molecular formula is C21H19NO3. The highest BCUT2D eigenvalue weighted by Gasteiger charge is 2.19. The highest BCUT2D eigenvalue weighted by Crippen LogP contribution is 2.15. The summed E-state index contributed by atoms with van der Waals surface area (Å²) >= 11 is 0. The fraction of sp³-hybridized carbons (Fsp3) is 0.143. The van der Waals surface area contributed by atoms with Crippen molar-refractivity contribution in [2.75, 3.05) is 0 Å². The molecule has 4 heteroatoms. The van der Waals surface area contributed by atoms with Gasteiger partial charge in [0.05, 0.1) is 11.8 Å². The molecule has 0 radical (unpaired) electrons. The van der Waals surface area contributed by atoms with Crippen LogP contribution < -0.4 is 5.32 Å². The molecule has 1 amide bonds. The minimum absolute atomic E-state index is 0.112. The Bertz CT molecular complexity index is 854. The van der Waals surface area contributed by atoms with E-state index in [-0.39, 0.29) is 17.7 Å². The van der Waals surface area contributed by atoms with E-state index in [0.717, 1.165) is 5.76 Å². The predicted molar refractivity (Wildman–Crippen MR) is 95.7 cm³/mol. The molecule has 4 nitrogen and oxygen atoms in total. The van der Waals surface area contributed by atoms with E-state index in [0.29, 0.717) is 23.1 Å². The van der Waals surface area contributed by atoms with Crippen LogP contribution in [0.5, 0.6) is 0 Å². The molecule has 1 atom stereocenters. The highest BCUT2D eigenvalue weighted by atomic mass is 16.3. The first-order chi connectivity index (χ1) is 12.1. The van der Waals surface area contributed by atoms with Crippen molar-refractivity contribution >= 4 is 11.7 Å². The molecule has 0 saturated carbocycles. The van der Waals surface area contributed by atoms with E-state index in [1.807, 2.05) is 25.1 Å². The Morgan fingerprint density at radius 3 is 2.28 bits per heavy atom. The summed E-state index contributed by atoms with van der Waals surface area (Å²) in [5, 5.41) is 2.93. The Hall–Kier alpha value is -3.14. The first-order valence-corrected chi connectivity index (χ1v) is 8.17. The zero-order chi connectivity index (χ0) is 17.6. The number of rotatable bonds is 6. The van der Waals surface area contributed by atoms with Crippen LogP contribution in [-0.4, -0.2) is 17.7 Å². The van der Waals surface area contributed by atoms with Gasteiger partial charge in [0.2, 0.25) is 0 Å². The van der Waals surface area contributed by atoms with Gasteiger partial charge in [-0.25, -0.2) is 0 Å². The van der Waals surface area contributed by atoms with Crippen molar-refractivity contribution in [3.63, 3.8) is 0 Å². The molecule has 0 bridgehead atoms. The maximum Gasteiger partial charge on any atom is 0.252 e. The fourth-order valence-electron chi connectivity index (χ4n) is 2.71. The summed E-state index contributed by atoms with van der Waals surface area (Å²) in [6, 6.07) is 19.4. The van der Waals surface area contributed by atoms with Crippen LogP contribution in [0.2, 0.25) is 0 Å². The van der Waals surface area contributed by atoms with E-state index in [4.69, 9.17) is 4.42 Å². The second-order valence-electron chi connectivity index (χ2n) is 5.90. The third-order valence-electron chi connectivity index (χ3n) is 3.92. The summed E-state index contributed by atoms with van der Waals surface area (Å²) in [5.41, 5.74) is 1.34. The van der Waals surface area contributed by atoms with Gasteiger partial charge in [-0.1, -0.05) is 48.5 Å². The summed E-state index contributed by atoms with van der Waals surface area (Å²) in [7, 11) is 0. The van der Waals surface area contributed by atoms with E-state index < -0.39 is 0 Å². The molecular weight excluding hydrogens is 314 g/mol. The minimum atomic E-state index is -0.265. The van der Waals surface area contributed by atoms with Gasteiger partial charge in [0.1, 0.15) is 5.76 Å². The van der Waals surface area contributed by atoms with Crippen LogP contribution in [0.1, 0.15) is 39.0 Å². The molecule has 1 heterocycles. The van der Waals surface area contributed by atoms with Gasteiger partial charge in [-0.15, -0.1) is 0 Å². The van der Waals surface area contributed by atoms with E-state index in [2.05, 4.69) is 5.32 Å². The van der Waals surface area contributed by atoms with Crippen LogP contribution in [0.25, 0.3) is 0 Å². The third kappa shape index (κ3) is 4.04. The lowest BCUT2D eigenvalue weighted by atomic mass is 9.97. The Morgan fingerprint density at radius 1 is 0.920 bits per heavy atom. The lowest BCUT2D eigenvalue weighted by Gasteiger charge is -2.14. The smallest absolute Gasteiger partial charge is 0.252 e. The van der Waals surface area contributed by atoms with Crippen LogP contribution in [0, 0.1) is 0 Å². The maximum absolute atomic E-state index is 12.7. The van der Waals surface area contributed by atoms with Crippen molar-refractivity contribution in [3.05, 3.63) is 95.4 Å². The molecule has 3 aromatic rings. The summed E-state index contributed by atoms with van der Waals surface area (Å²) in [5.74, 6) is 0.380. The van der Waals surface area contributed by atoms with Crippen LogP contribution in [0.4, 0.5) is 0 Å². The number of nitrogens with one attached hydrogen (secondary N) is 1. The van der Waals surface area contributed by atoms with Gasteiger partial charge < -0.3 is 9.73 Å². The van der Waals surface area contributed by atoms with Crippen LogP contribution in [-0.2, 0) is 6.42 Å². The van der Waals surface area contributed by atoms with Gasteiger partial charge in [0.15, 0.2) is 5.78 Å². The number of benzene rings is 2. The number of hydrogen-bond donors (Lipinski definition) is 1. The van der Waals surface area contributed by atoms with Gasteiger partial charge in [0, 0.05) is 23.6 Å². The molecule has 1 unspecified atom stereocenters. The Balaban J connectivity index is 1.78. The van der Waals surface area contributed by atoms with Gasteiger partial charge in [-0.3, -0.25) is 9.59 Å². The second-order valence-corrected chi connectivity index (χ2v) is 5.90. The monoisotopic (exact) mass is 333 g/mol. The second kappa shape index (κ2) is 7.62. The van der Waals surface area contributed by atoms with Crippen molar-refractivity contribution in [1.29, 1.82) is 0 Å². The molecule has 0 aliphatic carbocycles. The van der Waals surface area contributed by atoms with Gasteiger partial charge in [0.25, 0.3) is 5.91 Å². The molecule has 126 valence electrons. The molecule has 3 rings (SSSR count). The Kier molecular flexibility index (Phi) is 5.09. The third-order valence-corrected chi connectivity index (χ3v) is 3.92. The summed E-state index contributed by atoms with van der Waals surface area (Å²) in [6.45, 7) is 1.90. The number of amides is 1. The van der Waals surface area contributed by atoms with Crippen molar-refractivity contribution in [2.24, 2.45) is 0 Å². The number of furan rings is 1. The number of carbonyl (C=O) groups excluding carboxylic acids is 2. The number of hydrogen-bond acceptors (Lipinski definition) is 3.